The Morgan fingerprint density at radius 1 is 1.16 bits per heavy atom. The van der Waals surface area contributed by atoms with Crippen LogP contribution in [0.3, 0.4) is 0 Å². The molecule has 1 aromatic carbocycles. The Balaban J connectivity index is 1.80. The van der Waals surface area contributed by atoms with E-state index in [2.05, 4.69) is 0 Å². The van der Waals surface area contributed by atoms with E-state index in [9.17, 15) is 9.59 Å². The number of hydrogen-bond donors (Lipinski definition) is 0. The van der Waals surface area contributed by atoms with Crippen LogP contribution in [0.25, 0.3) is 6.08 Å². The number of carbonyl (C=O) groups excluding carboxylic acids is 2. The van der Waals surface area contributed by atoms with E-state index in [0.717, 1.165) is 30.2 Å². The molecule has 0 spiro atoms. The van der Waals surface area contributed by atoms with Crippen LogP contribution in [0.1, 0.15) is 37.7 Å². The van der Waals surface area contributed by atoms with Gasteiger partial charge >= 0.3 is 0 Å². The number of thioether (sulfide) groups is 1. The van der Waals surface area contributed by atoms with Gasteiger partial charge in [-0.3, -0.25) is 14.5 Å². The third-order valence-electron chi connectivity index (χ3n) is 4.76. The Labute approximate surface area is 152 Å². The number of benzene rings is 1. The van der Waals surface area contributed by atoms with Crippen molar-refractivity contribution in [2.24, 2.45) is 5.92 Å². The number of rotatable bonds is 5. The molecule has 3 rings (SSSR count). The lowest BCUT2D eigenvalue weighted by Crippen LogP contribution is -2.34. The van der Waals surface area contributed by atoms with Crippen LogP contribution in [-0.4, -0.2) is 36.8 Å². The molecule has 1 saturated carbocycles. The molecule has 0 N–H and O–H groups in total. The Morgan fingerprint density at radius 3 is 2.60 bits per heavy atom. The summed E-state index contributed by atoms with van der Waals surface area (Å²) < 4.78 is 10.6. The van der Waals surface area contributed by atoms with Crippen LogP contribution in [0, 0.1) is 5.92 Å². The van der Waals surface area contributed by atoms with Gasteiger partial charge in [-0.15, -0.1) is 0 Å². The summed E-state index contributed by atoms with van der Waals surface area (Å²) in [6.45, 7) is 0.539. The van der Waals surface area contributed by atoms with Crippen LogP contribution in [0.15, 0.2) is 23.1 Å². The van der Waals surface area contributed by atoms with Gasteiger partial charge in [-0.2, -0.15) is 0 Å². The maximum absolute atomic E-state index is 12.7. The Kier molecular flexibility index (Phi) is 5.68. The van der Waals surface area contributed by atoms with Crippen LogP contribution in [0.2, 0.25) is 0 Å². The molecule has 2 aliphatic rings. The van der Waals surface area contributed by atoms with E-state index in [0.29, 0.717) is 28.9 Å². The van der Waals surface area contributed by atoms with E-state index in [4.69, 9.17) is 9.47 Å². The van der Waals surface area contributed by atoms with Crippen molar-refractivity contribution in [2.75, 3.05) is 20.8 Å². The van der Waals surface area contributed by atoms with Crippen molar-refractivity contribution in [3.05, 3.63) is 28.7 Å². The lowest BCUT2D eigenvalue weighted by Gasteiger charge is -2.25. The molecule has 1 aliphatic heterocycles. The van der Waals surface area contributed by atoms with Crippen molar-refractivity contribution in [3.8, 4) is 11.5 Å². The summed E-state index contributed by atoms with van der Waals surface area (Å²) in [7, 11) is 3.16. The predicted molar refractivity (Wildman–Crippen MR) is 98.8 cm³/mol. The van der Waals surface area contributed by atoms with Crippen LogP contribution in [-0.2, 0) is 4.79 Å². The highest BCUT2D eigenvalue weighted by atomic mass is 32.2. The maximum atomic E-state index is 12.7. The Bertz CT molecular complexity index is 695. The molecule has 2 fully saturated rings. The minimum atomic E-state index is -0.203. The lowest BCUT2D eigenvalue weighted by molar-refractivity contribution is -0.123. The van der Waals surface area contributed by atoms with E-state index in [1.54, 1.807) is 38.5 Å². The second-order valence-electron chi connectivity index (χ2n) is 6.40. The molecule has 5 nitrogen and oxygen atoms in total. The van der Waals surface area contributed by atoms with Gasteiger partial charge in [-0.25, -0.2) is 0 Å². The highest BCUT2D eigenvalue weighted by Gasteiger charge is 2.36. The molecule has 0 bridgehead atoms. The fourth-order valence-corrected chi connectivity index (χ4v) is 4.22. The number of nitrogens with zero attached hydrogens (tertiary/aromatic N) is 1. The van der Waals surface area contributed by atoms with Crippen molar-refractivity contribution in [3.63, 3.8) is 0 Å². The van der Waals surface area contributed by atoms with E-state index in [1.807, 2.05) is 0 Å². The SMILES string of the molecule is COc1ccc(OC)c(/C=C2/SC(=O)N(CC3CCCCC3)C2=O)c1. The van der Waals surface area contributed by atoms with Gasteiger partial charge < -0.3 is 9.47 Å². The topological polar surface area (TPSA) is 55.8 Å². The molecule has 0 aromatic heterocycles. The first kappa shape index (κ1) is 17.9. The molecule has 1 saturated heterocycles. The molecule has 134 valence electrons. The van der Waals surface area contributed by atoms with Gasteiger partial charge in [0.2, 0.25) is 0 Å². The molecule has 1 aromatic rings. The van der Waals surface area contributed by atoms with Gasteiger partial charge in [0.25, 0.3) is 11.1 Å². The third-order valence-corrected chi connectivity index (χ3v) is 5.67. The van der Waals surface area contributed by atoms with E-state index in [1.165, 1.54) is 24.2 Å². The van der Waals surface area contributed by atoms with Crippen LogP contribution < -0.4 is 9.47 Å². The zero-order valence-electron chi connectivity index (χ0n) is 14.6. The van der Waals surface area contributed by atoms with Gasteiger partial charge in [-0.05, 0) is 54.8 Å². The van der Waals surface area contributed by atoms with E-state index < -0.39 is 0 Å². The maximum Gasteiger partial charge on any atom is 0.293 e. The van der Waals surface area contributed by atoms with Gasteiger partial charge in [0.05, 0.1) is 19.1 Å². The minimum absolute atomic E-state index is 0.177. The number of ether oxygens (including phenoxy) is 2. The molecule has 0 unspecified atom stereocenters. The summed E-state index contributed by atoms with van der Waals surface area (Å²) in [5.74, 6) is 1.55. The number of methoxy groups -OCH3 is 2. The molecule has 6 heteroatoms. The number of amides is 2. The van der Waals surface area contributed by atoms with E-state index >= 15 is 0 Å². The standard InChI is InChI=1S/C19H23NO4S/c1-23-15-8-9-16(24-2)14(10-15)11-17-18(21)20(19(22)25-17)12-13-6-4-3-5-7-13/h8-11,13H,3-7,12H2,1-2H3/b17-11+. The monoisotopic (exact) mass is 361 g/mol. The second-order valence-corrected chi connectivity index (χ2v) is 7.40. The molecule has 1 aliphatic carbocycles. The van der Waals surface area contributed by atoms with Crippen LogP contribution in [0.5, 0.6) is 11.5 Å². The average molecular weight is 361 g/mol. The molecular formula is C19H23NO4S. The summed E-state index contributed by atoms with van der Waals surface area (Å²) in [4.78, 5) is 26.8. The summed E-state index contributed by atoms with van der Waals surface area (Å²) in [5, 5.41) is -0.177. The minimum Gasteiger partial charge on any atom is -0.497 e. The van der Waals surface area contributed by atoms with Crippen LogP contribution >= 0.6 is 11.8 Å². The fraction of sp³-hybridized carbons (Fsp3) is 0.474. The first-order valence-electron chi connectivity index (χ1n) is 8.59. The van der Waals surface area contributed by atoms with Crippen molar-refractivity contribution < 1.29 is 19.1 Å². The third kappa shape index (κ3) is 4.00. The Hall–Kier alpha value is -1.95. The number of carbonyl (C=O) groups is 2. The predicted octanol–water partition coefficient (Wildman–Crippen LogP) is 4.32. The van der Waals surface area contributed by atoms with Gasteiger partial charge in [-0.1, -0.05) is 19.3 Å². The average Bonchev–Trinajstić information content (AvgIpc) is 2.90. The van der Waals surface area contributed by atoms with E-state index in [-0.39, 0.29) is 11.1 Å². The largest absolute Gasteiger partial charge is 0.497 e. The first-order valence-corrected chi connectivity index (χ1v) is 9.41. The van der Waals surface area contributed by atoms with Crippen molar-refractivity contribution in [1.29, 1.82) is 0 Å². The molecule has 0 radical (unpaired) electrons. The van der Waals surface area contributed by atoms with Gasteiger partial charge in [0, 0.05) is 12.1 Å². The Morgan fingerprint density at radius 2 is 1.92 bits per heavy atom. The highest BCUT2D eigenvalue weighted by Crippen LogP contribution is 2.36. The second kappa shape index (κ2) is 7.95. The lowest BCUT2D eigenvalue weighted by atomic mass is 9.89. The number of imide groups is 1. The first-order chi connectivity index (χ1) is 12.1. The van der Waals surface area contributed by atoms with Gasteiger partial charge in [0.15, 0.2) is 0 Å². The molecule has 0 atom stereocenters. The molecular weight excluding hydrogens is 338 g/mol. The normalized spacial score (nSPS) is 20.4. The molecule has 25 heavy (non-hydrogen) atoms. The van der Waals surface area contributed by atoms with Crippen molar-refractivity contribution in [2.45, 2.75) is 32.1 Å². The number of hydrogen-bond acceptors (Lipinski definition) is 5. The highest BCUT2D eigenvalue weighted by molar-refractivity contribution is 8.18. The zero-order chi connectivity index (χ0) is 17.8. The van der Waals surface area contributed by atoms with Gasteiger partial charge in [0.1, 0.15) is 11.5 Å². The van der Waals surface area contributed by atoms with Crippen molar-refractivity contribution in [1.82, 2.24) is 4.90 Å². The van der Waals surface area contributed by atoms with Crippen molar-refractivity contribution >= 4 is 29.0 Å². The summed E-state index contributed by atoms with van der Waals surface area (Å²) >= 11 is 1.00. The smallest absolute Gasteiger partial charge is 0.293 e. The van der Waals surface area contributed by atoms with Crippen LogP contribution in [0.4, 0.5) is 4.79 Å². The summed E-state index contributed by atoms with van der Waals surface area (Å²) in [6, 6.07) is 5.38. The summed E-state index contributed by atoms with van der Waals surface area (Å²) in [6.07, 6.45) is 7.56. The molecule has 1 heterocycles. The summed E-state index contributed by atoms with van der Waals surface area (Å²) in [5.41, 5.74) is 0.727. The molecule has 2 amide bonds. The zero-order valence-corrected chi connectivity index (χ0v) is 15.4. The fourth-order valence-electron chi connectivity index (χ4n) is 3.38. The quantitative estimate of drug-likeness (QED) is 0.731.